The van der Waals surface area contributed by atoms with Crippen LogP contribution in [0.3, 0.4) is 0 Å². The van der Waals surface area contributed by atoms with Crippen molar-refractivity contribution in [3.8, 4) is 6.07 Å². The summed E-state index contributed by atoms with van der Waals surface area (Å²) in [6.45, 7) is 2.59. The minimum absolute atomic E-state index is 0.111. The summed E-state index contributed by atoms with van der Waals surface area (Å²) in [4.78, 5) is 13.0. The molecule has 0 radical (unpaired) electrons. The Kier molecular flexibility index (Phi) is 5.04. The normalized spacial score (nSPS) is 24.1. The van der Waals surface area contributed by atoms with E-state index in [1.54, 1.807) is 0 Å². The third-order valence-corrected chi connectivity index (χ3v) is 5.83. The lowest BCUT2D eigenvalue weighted by molar-refractivity contribution is -0.117. The van der Waals surface area contributed by atoms with Gasteiger partial charge in [-0.15, -0.1) is 0 Å². The Morgan fingerprint density at radius 1 is 1.26 bits per heavy atom. The van der Waals surface area contributed by atoms with Crippen LogP contribution in [0.15, 0.2) is 51.4 Å². The van der Waals surface area contributed by atoms with Crippen molar-refractivity contribution in [3.05, 3.63) is 57.0 Å². The van der Waals surface area contributed by atoms with E-state index in [1.165, 1.54) is 0 Å². The lowest BCUT2D eigenvalue weighted by atomic mass is 9.76. The van der Waals surface area contributed by atoms with Gasteiger partial charge in [-0.05, 0) is 30.5 Å². The van der Waals surface area contributed by atoms with Gasteiger partial charge in [0.15, 0.2) is 5.78 Å². The van der Waals surface area contributed by atoms with Gasteiger partial charge in [-0.25, -0.2) is 5.01 Å². The highest BCUT2D eigenvalue weighted by molar-refractivity contribution is 9.10. The first kappa shape index (κ1) is 18.2. The zero-order valence-corrected chi connectivity index (χ0v) is 16.5. The molecular weight excluding hydrogens is 408 g/mol. The van der Waals surface area contributed by atoms with Crippen LogP contribution >= 0.6 is 15.9 Å². The van der Waals surface area contributed by atoms with Gasteiger partial charge in [-0.1, -0.05) is 28.1 Å². The maximum atomic E-state index is 13.0. The van der Waals surface area contributed by atoms with Crippen LogP contribution in [0.4, 0.5) is 0 Å². The maximum Gasteiger partial charge on any atom is 0.161 e. The Bertz CT molecular complexity index is 880. The topological polar surface area (TPSA) is 82.6 Å². The van der Waals surface area contributed by atoms with Gasteiger partial charge in [-0.3, -0.25) is 9.80 Å². The van der Waals surface area contributed by atoms with Crippen molar-refractivity contribution >= 4 is 21.7 Å². The van der Waals surface area contributed by atoms with Gasteiger partial charge in [0, 0.05) is 35.3 Å². The van der Waals surface area contributed by atoms with Gasteiger partial charge in [0.05, 0.1) is 30.8 Å². The van der Waals surface area contributed by atoms with Crippen molar-refractivity contribution in [2.75, 3.05) is 26.3 Å². The minimum atomic E-state index is -0.410. The molecule has 1 saturated heterocycles. The van der Waals surface area contributed by atoms with Crippen LogP contribution in [0.1, 0.15) is 30.7 Å². The Hall–Kier alpha value is -2.14. The standard InChI is InChI=1S/C20H21BrN4O2/c21-14-4-1-3-13(11-14)18-15(12-22)20(23)25(24-7-9-27-10-8-24)16-5-2-6-17(26)19(16)18/h1,3-4,11,18H,2,5-10,23H2. The molecule has 2 heterocycles. The molecule has 140 valence electrons. The molecule has 1 aromatic carbocycles. The van der Waals surface area contributed by atoms with E-state index in [1.807, 2.05) is 29.3 Å². The number of allylic oxidation sites excluding steroid dienone is 3. The lowest BCUT2D eigenvalue weighted by Crippen LogP contribution is -2.52. The van der Waals surface area contributed by atoms with E-state index in [-0.39, 0.29) is 5.78 Å². The number of hydrogen-bond acceptors (Lipinski definition) is 6. The van der Waals surface area contributed by atoms with Gasteiger partial charge < -0.3 is 10.5 Å². The van der Waals surface area contributed by atoms with Crippen molar-refractivity contribution in [1.29, 1.82) is 5.26 Å². The fourth-order valence-electron chi connectivity index (χ4n) is 4.16. The zero-order chi connectivity index (χ0) is 19.0. The van der Waals surface area contributed by atoms with Gasteiger partial charge in [-0.2, -0.15) is 5.26 Å². The summed E-state index contributed by atoms with van der Waals surface area (Å²) in [5, 5.41) is 14.0. The number of hydrazine groups is 1. The van der Waals surface area contributed by atoms with E-state index < -0.39 is 5.92 Å². The molecule has 1 atom stereocenters. The summed E-state index contributed by atoms with van der Waals surface area (Å²) < 4.78 is 6.38. The van der Waals surface area contributed by atoms with Gasteiger partial charge in [0.2, 0.25) is 0 Å². The Balaban J connectivity index is 1.89. The van der Waals surface area contributed by atoms with E-state index in [4.69, 9.17) is 10.5 Å². The third-order valence-electron chi connectivity index (χ3n) is 5.34. The van der Waals surface area contributed by atoms with Crippen LogP contribution in [-0.4, -0.2) is 42.1 Å². The fraction of sp³-hybridized carbons (Fsp3) is 0.400. The van der Waals surface area contributed by atoms with Crippen molar-refractivity contribution in [3.63, 3.8) is 0 Å². The summed E-state index contributed by atoms with van der Waals surface area (Å²) in [6.07, 6.45) is 2.10. The second-order valence-corrected chi connectivity index (χ2v) is 7.83. The van der Waals surface area contributed by atoms with Crippen molar-refractivity contribution in [2.24, 2.45) is 5.73 Å². The molecule has 7 heteroatoms. The van der Waals surface area contributed by atoms with Crippen molar-refractivity contribution < 1.29 is 9.53 Å². The van der Waals surface area contributed by atoms with Crippen LogP contribution in [0.2, 0.25) is 0 Å². The first-order chi connectivity index (χ1) is 13.1. The lowest BCUT2D eigenvalue weighted by Gasteiger charge is -2.45. The van der Waals surface area contributed by atoms with Gasteiger partial charge in [0.25, 0.3) is 0 Å². The molecule has 0 amide bonds. The average Bonchev–Trinajstić information content (AvgIpc) is 2.68. The second-order valence-electron chi connectivity index (χ2n) is 6.91. The molecule has 27 heavy (non-hydrogen) atoms. The van der Waals surface area contributed by atoms with E-state index in [2.05, 4.69) is 27.0 Å². The number of halogens is 1. The number of ketones is 1. The second kappa shape index (κ2) is 7.47. The number of benzene rings is 1. The number of hydrogen-bond donors (Lipinski definition) is 1. The summed E-state index contributed by atoms with van der Waals surface area (Å²) in [7, 11) is 0. The molecule has 1 fully saturated rings. The quantitative estimate of drug-likeness (QED) is 0.779. The van der Waals surface area contributed by atoms with E-state index >= 15 is 0 Å². The van der Waals surface area contributed by atoms with E-state index in [0.717, 1.165) is 34.1 Å². The number of carbonyl (C=O) groups excluding carboxylic acids is 1. The monoisotopic (exact) mass is 428 g/mol. The predicted molar refractivity (Wildman–Crippen MR) is 104 cm³/mol. The van der Waals surface area contributed by atoms with Crippen LogP contribution in [-0.2, 0) is 9.53 Å². The number of morpholine rings is 1. The highest BCUT2D eigenvalue weighted by Crippen LogP contribution is 2.45. The molecule has 0 aromatic heterocycles. The molecule has 0 saturated carbocycles. The maximum absolute atomic E-state index is 13.0. The minimum Gasteiger partial charge on any atom is -0.383 e. The fourth-order valence-corrected chi connectivity index (χ4v) is 4.58. The zero-order valence-electron chi connectivity index (χ0n) is 14.9. The molecule has 1 aliphatic carbocycles. The van der Waals surface area contributed by atoms with Crippen LogP contribution in [0.5, 0.6) is 0 Å². The number of nitriles is 1. The number of rotatable bonds is 2. The number of ether oxygens (including phenoxy) is 1. The summed E-state index contributed by atoms with van der Waals surface area (Å²) in [6, 6.07) is 10.1. The first-order valence-electron chi connectivity index (χ1n) is 9.16. The number of nitrogens with two attached hydrogens (primary N) is 1. The molecule has 3 aliphatic rings. The Morgan fingerprint density at radius 2 is 2.04 bits per heavy atom. The molecule has 0 spiro atoms. The largest absolute Gasteiger partial charge is 0.383 e. The van der Waals surface area contributed by atoms with Crippen LogP contribution < -0.4 is 5.73 Å². The molecule has 6 nitrogen and oxygen atoms in total. The molecule has 1 unspecified atom stereocenters. The highest BCUT2D eigenvalue weighted by Gasteiger charge is 2.41. The average molecular weight is 429 g/mol. The van der Waals surface area contributed by atoms with Crippen LogP contribution in [0, 0.1) is 11.3 Å². The van der Waals surface area contributed by atoms with Crippen LogP contribution in [0.25, 0.3) is 0 Å². The Morgan fingerprint density at radius 3 is 2.74 bits per heavy atom. The first-order valence-corrected chi connectivity index (χ1v) is 9.95. The smallest absolute Gasteiger partial charge is 0.161 e. The summed E-state index contributed by atoms with van der Waals surface area (Å²) >= 11 is 3.50. The number of Topliss-reactive ketones (excluding diaryl/α,β-unsaturated/α-hetero) is 1. The van der Waals surface area contributed by atoms with E-state index in [0.29, 0.717) is 44.1 Å². The molecular formula is C20H21BrN4O2. The predicted octanol–water partition coefficient (Wildman–Crippen LogP) is 2.80. The molecule has 2 aliphatic heterocycles. The summed E-state index contributed by atoms with van der Waals surface area (Å²) in [5.41, 5.74) is 9.53. The summed E-state index contributed by atoms with van der Waals surface area (Å²) in [5.74, 6) is 0.130. The Labute approximate surface area is 167 Å². The number of nitrogens with zero attached hydrogens (tertiary/aromatic N) is 3. The SMILES string of the molecule is N#CC1=C(N)N(N2CCOCC2)C2=C(C(=O)CCC2)C1c1cccc(Br)c1. The molecule has 2 N–H and O–H groups in total. The van der Waals surface area contributed by atoms with Crippen molar-refractivity contribution in [2.45, 2.75) is 25.2 Å². The number of carbonyl (C=O) groups is 1. The van der Waals surface area contributed by atoms with Crippen molar-refractivity contribution in [1.82, 2.24) is 10.0 Å². The molecule has 4 rings (SSSR count). The van der Waals surface area contributed by atoms with E-state index in [9.17, 15) is 10.1 Å². The highest BCUT2D eigenvalue weighted by atomic mass is 79.9. The molecule has 0 bridgehead atoms. The van der Waals surface area contributed by atoms with Gasteiger partial charge >= 0.3 is 0 Å². The van der Waals surface area contributed by atoms with Gasteiger partial charge in [0.1, 0.15) is 5.82 Å². The third kappa shape index (κ3) is 3.18. The molecule has 1 aromatic rings.